The van der Waals surface area contributed by atoms with Gasteiger partial charge in [0.05, 0.1) is 6.10 Å². The van der Waals surface area contributed by atoms with E-state index in [1.54, 1.807) is 0 Å². The minimum Gasteiger partial charge on any atom is -0.364 e. The highest BCUT2D eigenvalue weighted by Crippen LogP contribution is 2.34. The number of ether oxygens (including phenoxy) is 1. The molecule has 0 saturated carbocycles. The van der Waals surface area contributed by atoms with Crippen LogP contribution in [0, 0.1) is 5.41 Å². The fourth-order valence-electron chi connectivity index (χ4n) is 2.76. The van der Waals surface area contributed by atoms with E-state index in [2.05, 4.69) is 13.8 Å². The average Bonchev–Trinajstić information content (AvgIpc) is 2.95. The molecule has 4 nitrogen and oxygen atoms in total. The summed E-state index contributed by atoms with van der Waals surface area (Å²) in [6.07, 6.45) is 3.86. The molecule has 2 rings (SSSR count). The predicted octanol–water partition coefficient (Wildman–Crippen LogP) is 1.14. The minimum absolute atomic E-state index is 0.0871. The van der Waals surface area contributed by atoms with Gasteiger partial charge in [-0.15, -0.1) is 0 Å². The van der Waals surface area contributed by atoms with Crippen LogP contribution in [-0.2, 0) is 9.53 Å². The van der Waals surface area contributed by atoms with Gasteiger partial charge in [0.2, 0.25) is 0 Å². The summed E-state index contributed by atoms with van der Waals surface area (Å²) in [6, 6.07) is 0. The van der Waals surface area contributed by atoms with E-state index in [1.165, 1.54) is 0 Å². The molecule has 0 aliphatic carbocycles. The normalized spacial score (nSPS) is 37.7. The first-order chi connectivity index (χ1) is 8.08. The fourth-order valence-corrected chi connectivity index (χ4v) is 2.76. The average molecular weight is 240 g/mol. The van der Waals surface area contributed by atoms with Crippen LogP contribution in [0.2, 0.25) is 0 Å². The summed E-state index contributed by atoms with van der Waals surface area (Å²) < 4.78 is 5.67. The second-order valence-corrected chi connectivity index (χ2v) is 5.73. The topological polar surface area (TPSA) is 55.6 Å². The lowest BCUT2D eigenvalue weighted by atomic mass is 9.87. The lowest BCUT2D eigenvalue weighted by Gasteiger charge is -2.24. The molecule has 0 bridgehead atoms. The van der Waals surface area contributed by atoms with E-state index in [-0.39, 0.29) is 18.1 Å². The first-order valence-electron chi connectivity index (χ1n) is 6.72. The first kappa shape index (κ1) is 12.8. The van der Waals surface area contributed by atoms with Crippen LogP contribution in [-0.4, -0.2) is 42.6 Å². The quantitative estimate of drug-likeness (QED) is 0.805. The molecule has 3 atom stereocenters. The molecule has 0 aromatic rings. The molecule has 2 heterocycles. The Morgan fingerprint density at radius 1 is 1.53 bits per heavy atom. The molecule has 4 heteroatoms. The van der Waals surface area contributed by atoms with E-state index in [0.29, 0.717) is 12.0 Å². The second-order valence-electron chi connectivity index (χ2n) is 5.73. The molecule has 2 aliphatic heterocycles. The Kier molecular flexibility index (Phi) is 3.73. The van der Waals surface area contributed by atoms with E-state index in [0.717, 1.165) is 38.8 Å². The highest BCUT2D eigenvalue weighted by Gasteiger charge is 2.39. The van der Waals surface area contributed by atoms with Crippen LogP contribution in [0.25, 0.3) is 0 Å². The number of hydrogen-bond acceptors (Lipinski definition) is 3. The van der Waals surface area contributed by atoms with Crippen molar-refractivity contribution in [2.45, 2.75) is 51.7 Å². The Morgan fingerprint density at radius 2 is 2.29 bits per heavy atom. The maximum absolute atomic E-state index is 12.3. The van der Waals surface area contributed by atoms with Crippen LogP contribution in [0.4, 0.5) is 0 Å². The van der Waals surface area contributed by atoms with Crippen LogP contribution in [0.15, 0.2) is 0 Å². The van der Waals surface area contributed by atoms with Gasteiger partial charge in [-0.1, -0.05) is 13.8 Å². The molecule has 0 spiro atoms. The third kappa shape index (κ3) is 2.63. The number of nitrogens with zero attached hydrogens (tertiary/aromatic N) is 1. The summed E-state index contributed by atoms with van der Waals surface area (Å²) in [5.74, 6) is 0.179. The van der Waals surface area contributed by atoms with Gasteiger partial charge in [0.1, 0.15) is 6.10 Å². The van der Waals surface area contributed by atoms with Gasteiger partial charge in [0, 0.05) is 19.6 Å². The summed E-state index contributed by atoms with van der Waals surface area (Å²) in [5, 5.41) is 0. The zero-order valence-electron chi connectivity index (χ0n) is 10.9. The van der Waals surface area contributed by atoms with Gasteiger partial charge >= 0.3 is 0 Å². The van der Waals surface area contributed by atoms with Crippen molar-refractivity contribution in [3.05, 3.63) is 0 Å². The summed E-state index contributed by atoms with van der Waals surface area (Å²) in [6.45, 7) is 6.76. The molecule has 17 heavy (non-hydrogen) atoms. The third-order valence-corrected chi connectivity index (χ3v) is 4.37. The van der Waals surface area contributed by atoms with Gasteiger partial charge in [-0.25, -0.2) is 0 Å². The molecule has 98 valence electrons. The Balaban J connectivity index is 1.90. The lowest BCUT2D eigenvalue weighted by Crippen LogP contribution is -2.39. The van der Waals surface area contributed by atoms with Crippen LogP contribution < -0.4 is 5.73 Å². The van der Waals surface area contributed by atoms with Crippen molar-refractivity contribution in [1.82, 2.24) is 4.90 Å². The maximum Gasteiger partial charge on any atom is 0.251 e. The minimum atomic E-state index is -0.234. The van der Waals surface area contributed by atoms with Crippen molar-refractivity contribution in [3.63, 3.8) is 0 Å². The molecular weight excluding hydrogens is 216 g/mol. The number of rotatable bonds is 3. The van der Waals surface area contributed by atoms with Gasteiger partial charge in [-0.2, -0.15) is 0 Å². The molecule has 2 N–H and O–H groups in total. The first-order valence-corrected chi connectivity index (χ1v) is 6.72. The van der Waals surface area contributed by atoms with Gasteiger partial charge < -0.3 is 15.4 Å². The molecular formula is C13H24N2O2. The number of carbonyl (C=O) groups is 1. The molecule has 2 saturated heterocycles. The number of carbonyl (C=O) groups excluding carboxylic acids is 1. The molecule has 0 radical (unpaired) electrons. The van der Waals surface area contributed by atoms with Crippen LogP contribution in [0.5, 0.6) is 0 Å². The van der Waals surface area contributed by atoms with Gasteiger partial charge in [0.25, 0.3) is 5.91 Å². The van der Waals surface area contributed by atoms with Crippen molar-refractivity contribution in [1.29, 1.82) is 0 Å². The monoisotopic (exact) mass is 240 g/mol. The second kappa shape index (κ2) is 4.94. The smallest absolute Gasteiger partial charge is 0.251 e. The van der Waals surface area contributed by atoms with Crippen molar-refractivity contribution < 1.29 is 9.53 Å². The van der Waals surface area contributed by atoms with Gasteiger partial charge in [-0.05, 0) is 31.1 Å². The van der Waals surface area contributed by atoms with Crippen LogP contribution in [0.1, 0.15) is 39.5 Å². The van der Waals surface area contributed by atoms with E-state index < -0.39 is 0 Å². The number of hydrogen-bond donors (Lipinski definition) is 1. The van der Waals surface area contributed by atoms with E-state index in [4.69, 9.17) is 10.5 Å². The van der Waals surface area contributed by atoms with Gasteiger partial charge in [-0.3, -0.25) is 4.79 Å². The number of nitrogens with two attached hydrogens (primary N) is 1. The Labute approximate surface area is 103 Å². The summed E-state index contributed by atoms with van der Waals surface area (Å²) >= 11 is 0. The molecule has 0 aromatic carbocycles. The zero-order chi connectivity index (χ0) is 12.5. The molecule has 1 unspecified atom stereocenters. The van der Waals surface area contributed by atoms with Crippen molar-refractivity contribution in [2.75, 3.05) is 19.6 Å². The van der Waals surface area contributed by atoms with E-state index >= 15 is 0 Å². The SMILES string of the molecule is CCC1(C)CCN(C(=O)[C@@H]2CC[C@H](CN)O2)C1. The largest absolute Gasteiger partial charge is 0.364 e. The summed E-state index contributed by atoms with van der Waals surface area (Å²) in [7, 11) is 0. The third-order valence-electron chi connectivity index (χ3n) is 4.37. The highest BCUT2D eigenvalue weighted by molar-refractivity contribution is 5.81. The van der Waals surface area contributed by atoms with Crippen LogP contribution >= 0.6 is 0 Å². The Bertz CT molecular complexity index is 295. The highest BCUT2D eigenvalue weighted by atomic mass is 16.5. The zero-order valence-corrected chi connectivity index (χ0v) is 10.9. The fraction of sp³-hybridized carbons (Fsp3) is 0.923. The lowest BCUT2D eigenvalue weighted by molar-refractivity contribution is -0.142. The number of amides is 1. The van der Waals surface area contributed by atoms with Crippen molar-refractivity contribution in [2.24, 2.45) is 11.1 Å². The molecule has 1 amide bonds. The Morgan fingerprint density at radius 3 is 2.82 bits per heavy atom. The van der Waals surface area contributed by atoms with Crippen molar-refractivity contribution in [3.8, 4) is 0 Å². The molecule has 2 fully saturated rings. The Hall–Kier alpha value is -0.610. The molecule has 2 aliphatic rings. The molecule has 0 aromatic heterocycles. The van der Waals surface area contributed by atoms with Crippen molar-refractivity contribution >= 4 is 5.91 Å². The summed E-state index contributed by atoms with van der Waals surface area (Å²) in [5.41, 5.74) is 5.87. The maximum atomic E-state index is 12.3. The van der Waals surface area contributed by atoms with Crippen LogP contribution in [0.3, 0.4) is 0 Å². The standard InChI is InChI=1S/C13H24N2O2/c1-3-13(2)6-7-15(9-13)12(16)11-5-4-10(8-14)17-11/h10-11H,3-9,14H2,1-2H3/t10-,11+,13?/m1/s1. The van der Waals surface area contributed by atoms with E-state index in [1.807, 2.05) is 4.90 Å². The number of likely N-dealkylation sites (tertiary alicyclic amines) is 1. The predicted molar refractivity (Wildman–Crippen MR) is 66.5 cm³/mol. The van der Waals surface area contributed by atoms with E-state index in [9.17, 15) is 4.79 Å². The van der Waals surface area contributed by atoms with Gasteiger partial charge in [0.15, 0.2) is 0 Å². The summed E-state index contributed by atoms with van der Waals surface area (Å²) in [4.78, 5) is 14.3.